The Morgan fingerprint density at radius 2 is 1.85 bits per heavy atom. The molecule has 1 aromatic carbocycles. The summed E-state index contributed by atoms with van der Waals surface area (Å²) in [5, 5.41) is 0. The molecule has 0 bridgehead atoms. The Kier molecular flexibility index (Phi) is 5.08. The highest BCUT2D eigenvalue weighted by molar-refractivity contribution is 7.16. The maximum absolute atomic E-state index is 6.22. The van der Waals surface area contributed by atoms with Gasteiger partial charge in [0.15, 0.2) is 0 Å². The van der Waals surface area contributed by atoms with Crippen LogP contribution in [0.5, 0.6) is 5.75 Å². The Labute approximate surface area is 129 Å². The van der Waals surface area contributed by atoms with Crippen LogP contribution in [0.25, 0.3) is 0 Å². The summed E-state index contributed by atoms with van der Waals surface area (Å²) < 4.78 is 6.92. The van der Waals surface area contributed by atoms with E-state index < -0.39 is 0 Å². The van der Waals surface area contributed by atoms with E-state index in [2.05, 4.69) is 26.8 Å². The highest BCUT2D eigenvalue weighted by Crippen LogP contribution is 2.33. The molecule has 1 heterocycles. The maximum Gasteiger partial charge on any atom is 0.148 e. The molecule has 2 nitrogen and oxygen atoms in total. The highest BCUT2D eigenvalue weighted by atomic mass is 35.5. The predicted molar refractivity (Wildman–Crippen MR) is 86.9 cm³/mol. The van der Waals surface area contributed by atoms with Crippen LogP contribution in [0.2, 0.25) is 4.34 Å². The van der Waals surface area contributed by atoms with Gasteiger partial charge in [-0.05, 0) is 55.7 Å². The van der Waals surface area contributed by atoms with Crippen LogP contribution >= 0.6 is 22.9 Å². The number of hydrogen-bond acceptors (Lipinski definition) is 3. The first-order chi connectivity index (χ1) is 9.49. The third kappa shape index (κ3) is 3.75. The van der Waals surface area contributed by atoms with Crippen LogP contribution in [0.3, 0.4) is 0 Å². The number of nitrogens with two attached hydrogens (primary N) is 1. The maximum atomic E-state index is 6.22. The normalized spacial score (nSPS) is 14.1. The van der Waals surface area contributed by atoms with Crippen LogP contribution in [-0.2, 0) is 0 Å². The molecule has 0 spiro atoms. The van der Waals surface area contributed by atoms with E-state index in [0.29, 0.717) is 0 Å². The first-order valence-corrected chi connectivity index (χ1v) is 7.94. The van der Waals surface area contributed by atoms with Crippen molar-refractivity contribution in [2.75, 3.05) is 0 Å². The predicted octanol–water partition coefficient (Wildman–Crippen LogP) is 4.88. The molecule has 0 aliphatic heterocycles. The Morgan fingerprint density at radius 1 is 1.20 bits per heavy atom. The average molecular weight is 310 g/mol. The minimum Gasteiger partial charge on any atom is -0.483 e. The van der Waals surface area contributed by atoms with Gasteiger partial charge < -0.3 is 10.5 Å². The van der Waals surface area contributed by atoms with Crippen LogP contribution < -0.4 is 10.5 Å². The third-order valence-electron chi connectivity index (χ3n) is 3.19. The van der Waals surface area contributed by atoms with E-state index in [1.807, 2.05) is 24.3 Å². The topological polar surface area (TPSA) is 35.2 Å². The molecule has 4 heteroatoms. The third-order valence-corrected chi connectivity index (χ3v) is 4.49. The summed E-state index contributed by atoms with van der Waals surface area (Å²) in [5.41, 5.74) is 8.60. The summed E-state index contributed by atoms with van der Waals surface area (Å²) in [6.45, 7) is 6.20. The molecule has 0 saturated heterocycles. The number of hydrogen-bond donors (Lipinski definition) is 1. The van der Waals surface area contributed by atoms with E-state index in [1.165, 1.54) is 22.5 Å². The molecule has 0 aliphatic carbocycles. The smallest absolute Gasteiger partial charge is 0.148 e. The van der Waals surface area contributed by atoms with Crippen LogP contribution in [-0.4, -0.2) is 6.04 Å². The summed E-state index contributed by atoms with van der Waals surface area (Å²) in [6, 6.07) is 10.0. The van der Waals surface area contributed by atoms with Crippen molar-refractivity contribution >= 4 is 22.9 Å². The van der Waals surface area contributed by atoms with Crippen LogP contribution in [0.15, 0.2) is 30.3 Å². The van der Waals surface area contributed by atoms with Crippen molar-refractivity contribution in [3.63, 3.8) is 0 Å². The van der Waals surface area contributed by atoms with Gasteiger partial charge in [-0.25, -0.2) is 0 Å². The fraction of sp³-hybridized carbons (Fsp3) is 0.375. The number of aryl methyl sites for hydroxylation is 2. The van der Waals surface area contributed by atoms with Crippen LogP contribution in [0, 0.1) is 13.8 Å². The van der Waals surface area contributed by atoms with E-state index in [-0.39, 0.29) is 12.1 Å². The first kappa shape index (κ1) is 15.4. The van der Waals surface area contributed by atoms with Crippen molar-refractivity contribution < 1.29 is 4.74 Å². The molecular weight excluding hydrogens is 290 g/mol. The molecule has 0 aliphatic rings. The Hall–Kier alpha value is -1.03. The quantitative estimate of drug-likeness (QED) is 0.854. The minimum absolute atomic E-state index is 0.0504. The lowest BCUT2D eigenvalue weighted by Crippen LogP contribution is -2.30. The Balaban J connectivity index is 2.28. The molecule has 108 valence electrons. The van der Waals surface area contributed by atoms with E-state index in [9.17, 15) is 0 Å². The molecule has 0 saturated carbocycles. The van der Waals surface area contributed by atoms with Crippen molar-refractivity contribution in [1.29, 1.82) is 0 Å². The van der Waals surface area contributed by atoms with E-state index in [1.54, 1.807) is 0 Å². The molecule has 1 aromatic heterocycles. The van der Waals surface area contributed by atoms with Gasteiger partial charge in [0.1, 0.15) is 11.9 Å². The van der Waals surface area contributed by atoms with Crippen molar-refractivity contribution in [2.24, 2.45) is 5.73 Å². The summed E-state index contributed by atoms with van der Waals surface area (Å²) in [6.07, 6.45) is 0.698. The Morgan fingerprint density at radius 3 is 2.35 bits per heavy atom. The molecular formula is C16H20ClNOS. The van der Waals surface area contributed by atoms with Crippen LogP contribution in [0.1, 0.15) is 35.5 Å². The van der Waals surface area contributed by atoms with Gasteiger partial charge in [0.25, 0.3) is 0 Å². The monoisotopic (exact) mass is 309 g/mol. The second-order valence-electron chi connectivity index (χ2n) is 5.08. The Bertz CT molecular complexity index is 561. The van der Waals surface area contributed by atoms with Crippen molar-refractivity contribution in [3.05, 3.63) is 50.7 Å². The van der Waals surface area contributed by atoms with Gasteiger partial charge in [-0.15, -0.1) is 11.3 Å². The van der Waals surface area contributed by atoms with E-state index in [0.717, 1.165) is 21.4 Å². The second-order valence-corrected chi connectivity index (χ2v) is 6.82. The number of halogens is 1. The van der Waals surface area contributed by atoms with Gasteiger partial charge in [0.2, 0.25) is 0 Å². The number of thiophene rings is 1. The highest BCUT2D eigenvalue weighted by Gasteiger charge is 2.22. The zero-order valence-corrected chi connectivity index (χ0v) is 13.6. The summed E-state index contributed by atoms with van der Waals surface area (Å²) in [4.78, 5) is 1.07. The number of rotatable bonds is 5. The van der Waals surface area contributed by atoms with E-state index >= 15 is 0 Å². The van der Waals surface area contributed by atoms with Gasteiger partial charge in [0, 0.05) is 10.9 Å². The molecule has 0 amide bonds. The summed E-state index contributed by atoms with van der Waals surface area (Å²) in [7, 11) is 0. The average Bonchev–Trinajstić information content (AvgIpc) is 2.80. The van der Waals surface area contributed by atoms with Gasteiger partial charge >= 0.3 is 0 Å². The van der Waals surface area contributed by atoms with E-state index in [4.69, 9.17) is 22.1 Å². The summed E-state index contributed by atoms with van der Waals surface area (Å²) in [5.74, 6) is 0.862. The van der Waals surface area contributed by atoms with Crippen molar-refractivity contribution in [1.82, 2.24) is 0 Å². The van der Waals surface area contributed by atoms with Gasteiger partial charge in [-0.3, -0.25) is 0 Å². The first-order valence-electron chi connectivity index (χ1n) is 6.75. The van der Waals surface area contributed by atoms with Crippen LogP contribution in [0.4, 0.5) is 0 Å². The molecule has 20 heavy (non-hydrogen) atoms. The lowest BCUT2D eigenvalue weighted by atomic mass is 10.1. The van der Waals surface area contributed by atoms with Crippen molar-refractivity contribution in [3.8, 4) is 5.75 Å². The number of benzene rings is 1. The molecule has 2 atom stereocenters. The standard InChI is InChI=1S/C16H20ClNOS/c1-4-13(18)16(14-5-6-15(17)20-14)19-12-8-10(2)7-11(3)9-12/h5-9,13,16H,4,18H2,1-3H3. The lowest BCUT2D eigenvalue weighted by molar-refractivity contribution is 0.174. The molecule has 2 unspecified atom stereocenters. The molecule has 2 aromatic rings. The largest absolute Gasteiger partial charge is 0.483 e. The molecule has 0 fully saturated rings. The fourth-order valence-corrected chi connectivity index (χ4v) is 3.37. The minimum atomic E-state index is -0.154. The zero-order chi connectivity index (χ0) is 14.7. The second kappa shape index (κ2) is 6.61. The van der Waals surface area contributed by atoms with Gasteiger partial charge in [-0.1, -0.05) is 24.6 Å². The van der Waals surface area contributed by atoms with Gasteiger partial charge in [-0.2, -0.15) is 0 Å². The lowest BCUT2D eigenvalue weighted by Gasteiger charge is -2.23. The fourth-order valence-electron chi connectivity index (χ4n) is 2.20. The molecule has 2 N–H and O–H groups in total. The van der Waals surface area contributed by atoms with Gasteiger partial charge in [0.05, 0.1) is 4.34 Å². The molecule has 0 radical (unpaired) electrons. The van der Waals surface area contributed by atoms with Crippen molar-refractivity contribution in [2.45, 2.75) is 39.3 Å². The SMILES string of the molecule is CCC(N)C(Oc1cc(C)cc(C)c1)c1ccc(Cl)s1. The number of ether oxygens (including phenoxy) is 1. The molecule has 2 rings (SSSR count). The summed E-state index contributed by atoms with van der Waals surface area (Å²) >= 11 is 7.56. The zero-order valence-electron chi connectivity index (χ0n) is 12.0.